The summed E-state index contributed by atoms with van der Waals surface area (Å²) in [6, 6.07) is 15.8. The molecular formula is C17H21NO2. The number of phenols is 1. The molecule has 0 bridgehead atoms. The molecule has 2 N–H and O–H groups in total. The van der Waals surface area contributed by atoms with Crippen LogP contribution < -0.4 is 10.1 Å². The topological polar surface area (TPSA) is 41.5 Å². The van der Waals surface area contributed by atoms with E-state index < -0.39 is 0 Å². The van der Waals surface area contributed by atoms with Crippen LogP contribution in [0.25, 0.3) is 0 Å². The zero-order valence-electron chi connectivity index (χ0n) is 12.0. The average Bonchev–Trinajstić information content (AvgIpc) is 2.49. The Balaban J connectivity index is 1.87. The molecule has 0 fully saturated rings. The zero-order chi connectivity index (χ0) is 14.4. The van der Waals surface area contributed by atoms with Gasteiger partial charge in [-0.2, -0.15) is 0 Å². The van der Waals surface area contributed by atoms with E-state index in [2.05, 4.69) is 36.5 Å². The van der Waals surface area contributed by atoms with Crippen molar-refractivity contribution in [3.05, 3.63) is 59.7 Å². The van der Waals surface area contributed by atoms with Crippen molar-refractivity contribution in [1.82, 2.24) is 5.32 Å². The minimum atomic E-state index is 0.268. The SMILES string of the molecule is COc1ccc(CNCC(C)c2ccccc2)c(O)c1. The van der Waals surface area contributed by atoms with E-state index in [-0.39, 0.29) is 5.75 Å². The molecule has 0 heterocycles. The van der Waals surface area contributed by atoms with Crippen LogP contribution in [0.4, 0.5) is 0 Å². The van der Waals surface area contributed by atoms with Gasteiger partial charge in [-0.3, -0.25) is 0 Å². The molecule has 2 aromatic rings. The Morgan fingerprint density at radius 2 is 1.90 bits per heavy atom. The molecule has 0 aliphatic heterocycles. The van der Waals surface area contributed by atoms with Crippen molar-refractivity contribution < 1.29 is 9.84 Å². The van der Waals surface area contributed by atoms with Gasteiger partial charge in [-0.25, -0.2) is 0 Å². The minimum Gasteiger partial charge on any atom is -0.507 e. The largest absolute Gasteiger partial charge is 0.507 e. The normalized spacial score (nSPS) is 12.1. The molecule has 3 nitrogen and oxygen atoms in total. The maximum Gasteiger partial charge on any atom is 0.123 e. The second-order valence-corrected chi connectivity index (χ2v) is 4.94. The van der Waals surface area contributed by atoms with E-state index in [1.165, 1.54) is 5.56 Å². The van der Waals surface area contributed by atoms with Gasteiger partial charge >= 0.3 is 0 Å². The molecule has 3 heteroatoms. The number of phenolic OH excluding ortho intramolecular Hbond substituents is 1. The third-order valence-corrected chi connectivity index (χ3v) is 3.43. The van der Waals surface area contributed by atoms with Crippen molar-refractivity contribution in [3.8, 4) is 11.5 Å². The van der Waals surface area contributed by atoms with Crippen molar-refractivity contribution in [2.24, 2.45) is 0 Å². The predicted octanol–water partition coefficient (Wildman–Crippen LogP) is 3.29. The number of rotatable bonds is 6. The fourth-order valence-electron chi connectivity index (χ4n) is 2.14. The van der Waals surface area contributed by atoms with Crippen molar-refractivity contribution in [3.63, 3.8) is 0 Å². The molecule has 106 valence electrons. The first-order valence-corrected chi connectivity index (χ1v) is 6.82. The van der Waals surface area contributed by atoms with Crippen LogP contribution in [0.15, 0.2) is 48.5 Å². The van der Waals surface area contributed by atoms with E-state index in [9.17, 15) is 5.11 Å². The quantitative estimate of drug-likeness (QED) is 0.847. The number of hydrogen-bond acceptors (Lipinski definition) is 3. The second kappa shape index (κ2) is 6.96. The fourth-order valence-corrected chi connectivity index (χ4v) is 2.14. The lowest BCUT2D eigenvalue weighted by molar-refractivity contribution is 0.405. The van der Waals surface area contributed by atoms with Gasteiger partial charge in [-0.05, 0) is 17.5 Å². The van der Waals surface area contributed by atoms with E-state index in [0.29, 0.717) is 18.2 Å². The molecule has 0 spiro atoms. The lowest BCUT2D eigenvalue weighted by atomic mass is 10.0. The number of aromatic hydroxyl groups is 1. The summed E-state index contributed by atoms with van der Waals surface area (Å²) >= 11 is 0. The number of nitrogens with one attached hydrogen (secondary N) is 1. The smallest absolute Gasteiger partial charge is 0.123 e. The van der Waals surface area contributed by atoms with Gasteiger partial charge in [0.25, 0.3) is 0 Å². The molecule has 20 heavy (non-hydrogen) atoms. The third kappa shape index (κ3) is 3.75. The van der Waals surface area contributed by atoms with Crippen LogP contribution >= 0.6 is 0 Å². The van der Waals surface area contributed by atoms with Crippen LogP contribution in [0.5, 0.6) is 11.5 Å². The predicted molar refractivity (Wildman–Crippen MR) is 81.2 cm³/mol. The van der Waals surface area contributed by atoms with Gasteiger partial charge < -0.3 is 15.2 Å². The van der Waals surface area contributed by atoms with E-state index in [4.69, 9.17) is 4.74 Å². The lowest BCUT2D eigenvalue weighted by Crippen LogP contribution is -2.19. The van der Waals surface area contributed by atoms with Crippen LogP contribution in [0, 0.1) is 0 Å². The Kier molecular flexibility index (Phi) is 5.02. The van der Waals surface area contributed by atoms with Crippen LogP contribution in [0.2, 0.25) is 0 Å². The van der Waals surface area contributed by atoms with Crippen molar-refractivity contribution >= 4 is 0 Å². The first-order chi connectivity index (χ1) is 9.70. The summed E-state index contributed by atoms with van der Waals surface area (Å²) in [5.41, 5.74) is 2.20. The molecule has 1 unspecified atom stereocenters. The van der Waals surface area contributed by atoms with Gasteiger partial charge in [0.15, 0.2) is 0 Å². The van der Waals surface area contributed by atoms with Gasteiger partial charge in [0, 0.05) is 24.7 Å². The van der Waals surface area contributed by atoms with Crippen LogP contribution in [-0.2, 0) is 6.54 Å². The summed E-state index contributed by atoms with van der Waals surface area (Å²) in [6.45, 7) is 3.71. The van der Waals surface area contributed by atoms with Crippen molar-refractivity contribution in [2.75, 3.05) is 13.7 Å². The van der Waals surface area contributed by atoms with Gasteiger partial charge in [-0.1, -0.05) is 43.3 Å². The summed E-state index contributed by atoms with van der Waals surface area (Å²) < 4.78 is 5.07. The van der Waals surface area contributed by atoms with Crippen molar-refractivity contribution in [2.45, 2.75) is 19.4 Å². The molecule has 0 aliphatic carbocycles. The number of ether oxygens (including phenoxy) is 1. The molecule has 0 aromatic heterocycles. The summed E-state index contributed by atoms with van der Waals surface area (Å²) in [5, 5.41) is 13.3. The molecule has 0 saturated heterocycles. The summed E-state index contributed by atoms with van der Waals surface area (Å²) in [6.07, 6.45) is 0. The number of hydrogen-bond donors (Lipinski definition) is 2. The highest BCUT2D eigenvalue weighted by Gasteiger charge is 2.06. The molecule has 0 amide bonds. The molecular weight excluding hydrogens is 250 g/mol. The first kappa shape index (κ1) is 14.4. The van der Waals surface area contributed by atoms with E-state index >= 15 is 0 Å². The fraction of sp³-hybridized carbons (Fsp3) is 0.294. The van der Waals surface area contributed by atoms with E-state index in [1.54, 1.807) is 13.2 Å². The monoisotopic (exact) mass is 271 g/mol. The Labute approximate surface area is 120 Å². The molecule has 2 aromatic carbocycles. The summed E-state index contributed by atoms with van der Waals surface area (Å²) in [4.78, 5) is 0. The third-order valence-electron chi connectivity index (χ3n) is 3.43. The van der Waals surface area contributed by atoms with E-state index in [1.807, 2.05) is 18.2 Å². The molecule has 0 aliphatic rings. The molecule has 0 saturated carbocycles. The summed E-state index contributed by atoms with van der Waals surface area (Å²) in [7, 11) is 1.59. The van der Waals surface area contributed by atoms with Gasteiger partial charge in [0.2, 0.25) is 0 Å². The zero-order valence-corrected chi connectivity index (χ0v) is 12.0. The Bertz CT molecular complexity index is 540. The van der Waals surface area contributed by atoms with E-state index in [0.717, 1.165) is 12.1 Å². The Morgan fingerprint density at radius 3 is 2.55 bits per heavy atom. The highest BCUT2D eigenvalue weighted by Crippen LogP contribution is 2.23. The first-order valence-electron chi connectivity index (χ1n) is 6.82. The van der Waals surface area contributed by atoms with Crippen LogP contribution in [-0.4, -0.2) is 18.8 Å². The molecule has 2 rings (SSSR count). The van der Waals surface area contributed by atoms with Gasteiger partial charge in [-0.15, -0.1) is 0 Å². The van der Waals surface area contributed by atoms with Crippen molar-refractivity contribution in [1.29, 1.82) is 0 Å². The highest BCUT2D eigenvalue weighted by molar-refractivity contribution is 5.39. The highest BCUT2D eigenvalue weighted by atomic mass is 16.5. The van der Waals surface area contributed by atoms with Crippen LogP contribution in [0.1, 0.15) is 24.0 Å². The Hall–Kier alpha value is -2.00. The second-order valence-electron chi connectivity index (χ2n) is 4.94. The minimum absolute atomic E-state index is 0.268. The van der Waals surface area contributed by atoms with Crippen LogP contribution in [0.3, 0.4) is 0 Å². The lowest BCUT2D eigenvalue weighted by Gasteiger charge is -2.14. The summed E-state index contributed by atoms with van der Waals surface area (Å²) in [5.74, 6) is 1.38. The number of benzene rings is 2. The van der Waals surface area contributed by atoms with Gasteiger partial charge in [0.05, 0.1) is 7.11 Å². The molecule has 0 radical (unpaired) electrons. The maximum absolute atomic E-state index is 9.88. The van der Waals surface area contributed by atoms with Gasteiger partial charge in [0.1, 0.15) is 11.5 Å². The molecule has 1 atom stereocenters. The Morgan fingerprint density at radius 1 is 1.15 bits per heavy atom. The maximum atomic E-state index is 9.88. The number of methoxy groups -OCH3 is 1. The average molecular weight is 271 g/mol. The standard InChI is InChI=1S/C17H21NO2/c1-13(14-6-4-3-5-7-14)11-18-12-15-8-9-16(20-2)10-17(15)19/h3-10,13,18-19H,11-12H2,1-2H3.